The van der Waals surface area contributed by atoms with Gasteiger partial charge in [0.15, 0.2) is 24.8 Å². The number of benzene rings is 2. The van der Waals surface area contributed by atoms with Crippen LogP contribution in [0, 0.1) is 0 Å². The van der Waals surface area contributed by atoms with Crippen molar-refractivity contribution >= 4 is 29.1 Å². The standard InChI is InChI=1S/C20H19NO6/c1-13(22)16-4-3-5-18(10-16)26-12-20(25)27-11-19(24)15-6-8-17(9-7-15)21-14(2)23/h3-10H,11-12H2,1-2H3,(H,21,23). The van der Waals surface area contributed by atoms with Crippen LogP contribution in [-0.2, 0) is 14.3 Å². The van der Waals surface area contributed by atoms with Gasteiger partial charge >= 0.3 is 5.97 Å². The minimum absolute atomic E-state index is 0.113. The van der Waals surface area contributed by atoms with Gasteiger partial charge in [-0.2, -0.15) is 0 Å². The number of carbonyl (C=O) groups is 4. The first kappa shape index (κ1) is 19.8. The number of Topliss-reactive ketones (excluding diaryl/α,β-unsaturated/α-hetero) is 2. The molecule has 1 N–H and O–H groups in total. The number of anilines is 1. The van der Waals surface area contributed by atoms with Crippen LogP contribution in [0.4, 0.5) is 5.69 Å². The zero-order valence-corrected chi connectivity index (χ0v) is 15.0. The summed E-state index contributed by atoms with van der Waals surface area (Å²) in [7, 11) is 0. The maximum atomic E-state index is 12.0. The highest BCUT2D eigenvalue weighted by atomic mass is 16.6. The third-order valence-electron chi connectivity index (χ3n) is 3.49. The van der Waals surface area contributed by atoms with Crippen molar-refractivity contribution in [1.82, 2.24) is 0 Å². The van der Waals surface area contributed by atoms with Crippen molar-refractivity contribution in [2.24, 2.45) is 0 Å². The van der Waals surface area contributed by atoms with Crippen molar-refractivity contribution in [2.45, 2.75) is 13.8 Å². The highest BCUT2D eigenvalue weighted by molar-refractivity contribution is 5.98. The van der Waals surface area contributed by atoms with Crippen LogP contribution in [0.1, 0.15) is 34.6 Å². The Labute approximate surface area is 156 Å². The van der Waals surface area contributed by atoms with Gasteiger partial charge in [0.25, 0.3) is 0 Å². The van der Waals surface area contributed by atoms with E-state index >= 15 is 0 Å². The van der Waals surface area contributed by atoms with Gasteiger partial charge in [-0.3, -0.25) is 14.4 Å². The Morgan fingerprint density at radius 3 is 2.22 bits per heavy atom. The van der Waals surface area contributed by atoms with Crippen molar-refractivity contribution in [3.63, 3.8) is 0 Å². The number of ketones is 2. The van der Waals surface area contributed by atoms with Gasteiger partial charge in [0, 0.05) is 23.7 Å². The van der Waals surface area contributed by atoms with E-state index in [1.807, 2.05) is 0 Å². The van der Waals surface area contributed by atoms with Gasteiger partial charge in [-0.25, -0.2) is 4.79 Å². The molecule has 0 unspecified atom stereocenters. The quantitative estimate of drug-likeness (QED) is 0.567. The van der Waals surface area contributed by atoms with Crippen molar-refractivity contribution in [3.05, 3.63) is 59.7 Å². The van der Waals surface area contributed by atoms with E-state index in [2.05, 4.69) is 5.32 Å². The molecule has 7 nitrogen and oxygen atoms in total. The van der Waals surface area contributed by atoms with Gasteiger partial charge < -0.3 is 14.8 Å². The number of carbonyl (C=O) groups excluding carboxylic acids is 4. The summed E-state index contributed by atoms with van der Waals surface area (Å²) >= 11 is 0. The van der Waals surface area contributed by atoms with Crippen molar-refractivity contribution in [2.75, 3.05) is 18.5 Å². The predicted octanol–water partition coefficient (Wildman–Crippen LogP) is 2.65. The molecule has 140 valence electrons. The Bertz CT molecular complexity index is 857. The smallest absolute Gasteiger partial charge is 0.344 e. The second-order valence-corrected chi connectivity index (χ2v) is 5.72. The molecule has 2 aromatic rings. The minimum Gasteiger partial charge on any atom is -0.482 e. The lowest BCUT2D eigenvalue weighted by Crippen LogP contribution is -2.19. The molecule has 0 aliphatic carbocycles. The maximum Gasteiger partial charge on any atom is 0.344 e. The van der Waals surface area contributed by atoms with Gasteiger partial charge in [0.2, 0.25) is 5.91 Å². The summed E-state index contributed by atoms with van der Waals surface area (Å²) in [5, 5.41) is 2.59. The van der Waals surface area contributed by atoms with E-state index in [0.29, 0.717) is 22.6 Å². The Hall–Kier alpha value is -3.48. The number of hydrogen-bond acceptors (Lipinski definition) is 6. The number of rotatable bonds is 8. The van der Waals surface area contributed by atoms with Gasteiger partial charge in [-0.1, -0.05) is 12.1 Å². The SMILES string of the molecule is CC(=O)Nc1ccc(C(=O)COC(=O)COc2cccc(C(C)=O)c2)cc1. The first-order chi connectivity index (χ1) is 12.8. The lowest BCUT2D eigenvalue weighted by atomic mass is 10.1. The highest BCUT2D eigenvalue weighted by Gasteiger charge is 2.11. The highest BCUT2D eigenvalue weighted by Crippen LogP contribution is 2.14. The zero-order valence-electron chi connectivity index (χ0n) is 15.0. The number of amides is 1. The van der Waals surface area contributed by atoms with Crippen LogP contribution in [0.15, 0.2) is 48.5 Å². The van der Waals surface area contributed by atoms with Crippen LogP contribution in [0.2, 0.25) is 0 Å². The summed E-state index contributed by atoms with van der Waals surface area (Å²) in [5.41, 5.74) is 1.39. The van der Waals surface area contributed by atoms with E-state index in [9.17, 15) is 19.2 Å². The Kier molecular flexibility index (Phi) is 6.82. The number of ether oxygens (including phenoxy) is 2. The van der Waals surface area contributed by atoms with E-state index in [0.717, 1.165) is 0 Å². The van der Waals surface area contributed by atoms with Crippen molar-refractivity contribution < 1.29 is 28.7 Å². The van der Waals surface area contributed by atoms with E-state index < -0.39 is 12.6 Å². The molecule has 0 aromatic heterocycles. The van der Waals surface area contributed by atoms with Crippen LogP contribution < -0.4 is 10.1 Å². The van der Waals surface area contributed by atoms with Gasteiger partial charge in [-0.15, -0.1) is 0 Å². The molecular formula is C20H19NO6. The molecule has 7 heteroatoms. The van der Waals surface area contributed by atoms with E-state index in [1.54, 1.807) is 30.3 Å². The third kappa shape index (κ3) is 6.39. The molecule has 0 aliphatic heterocycles. The van der Waals surface area contributed by atoms with Crippen LogP contribution in [-0.4, -0.2) is 36.7 Å². The van der Waals surface area contributed by atoms with E-state index in [-0.39, 0.29) is 24.1 Å². The van der Waals surface area contributed by atoms with Crippen LogP contribution in [0.5, 0.6) is 5.75 Å². The maximum absolute atomic E-state index is 12.0. The van der Waals surface area contributed by atoms with E-state index in [1.165, 1.54) is 32.0 Å². The number of hydrogen-bond donors (Lipinski definition) is 1. The van der Waals surface area contributed by atoms with Crippen molar-refractivity contribution in [1.29, 1.82) is 0 Å². The molecule has 0 atom stereocenters. The Morgan fingerprint density at radius 1 is 0.889 bits per heavy atom. The summed E-state index contributed by atoms with van der Waals surface area (Å²) < 4.78 is 10.2. The van der Waals surface area contributed by atoms with Gasteiger partial charge in [0.05, 0.1) is 0 Å². The molecule has 0 heterocycles. The fourth-order valence-corrected chi connectivity index (χ4v) is 2.16. The zero-order chi connectivity index (χ0) is 19.8. The molecule has 2 aromatic carbocycles. The molecule has 0 aliphatic rings. The Balaban J connectivity index is 1.81. The van der Waals surface area contributed by atoms with Crippen LogP contribution in [0.3, 0.4) is 0 Å². The van der Waals surface area contributed by atoms with Gasteiger partial charge in [0.1, 0.15) is 5.75 Å². The average molecular weight is 369 g/mol. The van der Waals surface area contributed by atoms with Gasteiger partial charge in [-0.05, 0) is 43.3 Å². The molecule has 0 radical (unpaired) electrons. The summed E-state index contributed by atoms with van der Waals surface area (Å²) in [6.07, 6.45) is 0. The molecule has 0 saturated carbocycles. The summed E-state index contributed by atoms with van der Waals surface area (Å²) in [4.78, 5) is 46.0. The largest absolute Gasteiger partial charge is 0.482 e. The third-order valence-corrected chi connectivity index (χ3v) is 3.49. The molecule has 27 heavy (non-hydrogen) atoms. The fraction of sp³-hybridized carbons (Fsp3) is 0.200. The first-order valence-corrected chi connectivity index (χ1v) is 8.15. The van der Waals surface area contributed by atoms with E-state index in [4.69, 9.17) is 9.47 Å². The summed E-state index contributed by atoms with van der Waals surface area (Å²) in [6.45, 7) is 2.02. The molecular weight excluding hydrogens is 350 g/mol. The number of esters is 1. The van der Waals surface area contributed by atoms with Crippen molar-refractivity contribution in [3.8, 4) is 5.75 Å². The second kappa shape index (κ2) is 9.28. The molecule has 0 saturated heterocycles. The molecule has 1 amide bonds. The van der Waals surface area contributed by atoms with Crippen LogP contribution in [0.25, 0.3) is 0 Å². The minimum atomic E-state index is -0.702. The Morgan fingerprint density at radius 2 is 1.59 bits per heavy atom. The fourth-order valence-electron chi connectivity index (χ4n) is 2.16. The molecule has 2 rings (SSSR count). The first-order valence-electron chi connectivity index (χ1n) is 8.15. The lowest BCUT2D eigenvalue weighted by Gasteiger charge is -2.08. The molecule has 0 fully saturated rings. The predicted molar refractivity (Wildman–Crippen MR) is 98.0 cm³/mol. The number of nitrogens with one attached hydrogen (secondary N) is 1. The topological polar surface area (TPSA) is 98.8 Å². The molecule has 0 bridgehead atoms. The lowest BCUT2D eigenvalue weighted by molar-refractivity contribution is -0.144. The van der Waals surface area contributed by atoms with Crippen LogP contribution >= 0.6 is 0 Å². The monoisotopic (exact) mass is 369 g/mol. The normalized spacial score (nSPS) is 10.0. The molecule has 0 spiro atoms. The summed E-state index contributed by atoms with van der Waals surface area (Å²) in [5.74, 6) is -1.04. The summed E-state index contributed by atoms with van der Waals surface area (Å²) in [6, 6.07) is 12.7. The average Bonchev–Trinajstić information content (AvgIpc) is 2.64. The second-order valence-electron chi connectivity index (χ2n) is 5.72.